The molecule has 1 heterocycles. The molecule has 0 saturated heterocycles. The highest BCUT2D eigenvalue weighted by molar-refractivity contribution is 5.95. The van der Waals surface area contributed by atoms with Crippen molar-refractivity contribution >= 4 is 5.97 Å². The monoisotopic (exact) mass is 321 g/mol. The predicted octanol–water partition coefficient (Wildman–Crippen LogP) is 2.08. The van der Waals surface area contributed by atoms with Gasteiger partial charge >= 0.3 is 5.97 Å². The summed E-state index contributed by atoms with van der Waals surface area (Å²) in [6, 6.07) is 1.46. The summed E-state index contributed by atoms with van der Waals surface area (Å²) in [5.74, 6) is 0.0237. The molecule has 8 nitrogen and oxygen atoms in total. The average molecular weight is 321 g/mol. The van der Waals surface area contributed by atoms with Crippen LogP contribution in [0.2, 0.25) is 0 Å². The van der Waals surface area contributed by atoms with E-state index in [1.165, 1.54) is 33.7 Å². The molecule has 0 fully saturated rings. The molecule has 0 spiro atoms. The van der Waals surface area contributed by atoms with Gasteiger partial charge in [0.05, 0.1) is 26.9 Å². The Kier molecular flexibility index (Phi) is 5.05. The first-order valence-corrected chi connectivity index (χ1v) is 7.03. The summed E-state index contributed by atoms with van der Waals surface area (Å²) in [6.07, 6.45) is 2.28. The van der Waals surface area contributed by atoms with E-state index in [-0.39, 0.29) is 17.1 Å². The fourth-order valence-corrected chi connectivity index (χ4v) is 2.39. The number of aromatic nitrogens is 3. The van der Waals surface area contributed by atoms with Crippen molar-refractivity contribution in [3.63, 3.8) is 0 Å². The number of methoxy groups -OCH3 is 3. The van der Waals surface area contributed by atoms with Gasteiger partial charge in [0.15, 0.2) is 17.3 Å². The summed E-state index contributed by atoms with van der Waals surface area (Å²) in [4.78, 5) is 15.8. The quantitative estimate of drug-likeness (QED) is 0.834. The van der Waals surface area contributed by atoms with Crippen molar-refractivity contribution in [2.24, 2.45) is 0 Å². The van der Waals surface area contributed by atoms with Crippen molar-refractivity contribution in [3.8, 4) is 28.6 Å². The maximum Gasteiger partial charge on any atom is 0.339 e. The van der Waals surface area contributed by atoms with Crippen LogP contribution in [0.15, 0.2) is 12.4 Å². The number of carbonyl (C=O) groups is 1. The maximum absolute atomic E-state index is 11.6. The highest BCUT2D eigenvalue weighted by Crippen LogP contribution is 2.46. The molecule has 124 valence electrons. The van der Waals surface area contributed by atoms with E-state index in [1.807, 2.05) is 6.92 Å². The molecule has 0 amide bonds. The molecule has 0 aliphatic carbocycles. The number of hydrogen-bond donors (Lipinski definition) is 1. The van der Waals surface area contributed by atoms with E-state index in [9.17, 15) is 9.90 Å². The number of ether oxygens (including phenoxy) is 3. The molecule has 2 rings (SSSR count). The van der Waals surface area contributed by atoms with Gasteiger partial charge < -0.3 is 19.3 Å². The van der Waals surface area contributed by atoms with Crippen LogP contribution in [-0.4, -0.2) is 47.2 Å². The molecule has 1 N–H and O–H groups in total. The van der Waals surface area contributed by atoms with Gasteiger partial charge in [-0.15, -0.1) is 0 Å². The van der Waals surface area contributed by atoms with Crippen LogP contribution >= 0.6 is 0 Å². The molecule has 1 aromatic carbocycles. The Morgan fingerprint density at radius 1 is 1.17 bits per heavy atom. The number of nitrogens with zero attached hydrogens (tertiary/aromatic N) is 3. The molecule has 1 aromatic heterocycles. The minimum Gasteiger partial charge on any atom is -0.492 e. The van der Waals surface area contributed by atoms with E-state index >= 15 is 0 Å². The Hall–Kier alpha value is -2.77. The molecular weight excluding hydrogens is 302 g/mol. The summed E-state index contributed by atoms with van der Waals surface area (Å²) in [5.41, 5.74) is 0.444. The molecule has 0 aliphatic rings. The number of carboxylic acid groups (broad SMARTS) is 1. The van der Waals surface area contributed by atoms with Crippen molar-refractivity contribution in [2.45, 2.75) is 19.9 Å². The Morgan fingerprint density at radius 2 is 1.83 bits per heavy atom. The van der Waals surface area contributed by atoms with Gasteiger partial charge in [0.25, 0.3) is 0 Å². The van der Waals surface area contributed by atoms with Gasteiger partial charge in [-0.1, -0.05) is 6.92 Å². The largest absolute Gasteiger partial charge is 0.492 e. The first kappa shape index (κ1) is 16.6. The zero-order chi connectivity index (χ0) is 17.0. The lowest BCUT2D eigenvalue weighted by Gasteiger charge is -2.17. The second kappa shape index (κ2) is 6.99. The summed E-state index contributed by atoms with van der Waals surface area (Å²) in [6.45, 7) is 2.66. The van der Waals surface area contributed by atoms with Gasteiger partial charge in [0, 0.05) is 6.54 Å². The second-order valence-corrected chi connectivity index (χ2v) is 4.68. The van der Waals surface area contributed by atoms with Crippen LogP contribution in [0.25, 0.3) is 11.4 Å². The van der Waals surface area contributed by atoms with Gasteiger partial charge in [-0.25, -0.2) is 14.5 Å². The fraction of sp³-hybridized carbons (Fsp3) is 0.400. The highest BCUT2D eigenvalue weighted by atomic mass is 16.5. The zero-order valence-corrected chi connectivity index (χ0v) is 13.5. The third-order valence-corrected chi connectivity index (χ3v) is 3.33. The fourth-order valence-electron chi connectivity index (χ4n) is 2.39. The Morgan fingerprint density at radius 3 is 2.35 bits per heavy atom. The minimum atomic E-state index is -1.13. The van der Waals surface area contributed by atoms with Crippen molar-refractivity contribution in [2.75, 3.05) is 21.3 Å². The molecular formula is C15H19N3O5. The molecule has 0 aliphatic heterocycles. The van der Waals surface area contributed by atoms with E-state index in [0.29, 0.717) is 23.7 Å². The average Bonchev–Trinajstić information content (AvgIpc) is 3.00. The second-order valence-electron chi connectivity index (χ2n) is 4.68. The number of aromatic carboxylic acids is 1. The molecule has 0 atom stereocenters. The van der Waals surface area contributed by atoms with Crippen LogP contribution in [0, 0.1) is 0 Å². The first-order valence-electron chi connectivity index (χ1n) is 7.03. The summed E-state index contributed by atoms with van der Waals surface area (Å²) in [5, 5.41) is 13.6. The zero-order valence-electron chi connectivity index (χ0n) is 13.5. The molecule has 23 heavy (non-hydrogen) atoms. The lowest BCUT2D eigenvalue weighted by molar-refractivity contribution is 0.0692. The standard InChI is InChI=1S/C15H19N3O5/c1-5-6-18-14(16-8-17-18)9-7-10(15(19)20)12(22-3)13(23-4)11(9)21-2/h7-8H,5-6H2,1-4H3,(H,19,20). The van der Waals surface area contributed by atoms with Crippen molar-refractivity contribution in [1.29, 1.82) is 0 Å². The third kappa shape index (κ3) is 2.92. The van der Waals surface area contributed by atoms with Crippen LogP contribution in [0.3, 0.4) is 0 Å². The number of rotatable bonds is 7. The molecule has 0 radical (unpaired) electrons. The SMILES string of the molecule is CCCn1ncnc1-c1cc(C(=O)O)c(OC)c(OC)c1OC. The van der Waals surface area contributed by atoms with Crippen molar-refractivity contribution in [3.05, 3.63) is 18.0 Å². The molecule has 8 heteroatoms. The maximum atomic E-state index is 11.6. The topological polar surface area (TPSA) is 95.7 Å². The van der Waals surface area contributed by atoms with Gasteiger partial charge in [-0.2, -0.15) is 5.10 Å². The van der Waals surface area contributed by atoms with Crippen molar-refractivity contribution in [1.82, 2.24) is 14.8 Å². The van der Waals surface area contributed by atoms with Crippen LogP contribution in [0.1, 0.15) is 23.7 Å². The smallest absolute Gasteiger partial charge is 0.339 e. The van der Waals surface area contributed by atoms with E-state index < -0.39 is 5.97 Å². The molecule has 0 saturated carbocycles. The molecule has 0 unspecified atom stereocenters. The molecule has 2 aromatic rings. The van der Waals surface area contributed by atoms with Crippen LogP contribution in [0.4, 0.5) is 0 Å². The van der Waals surface area contributed by atoms with Crippen molar-refractivity contribution < 1.29 is 24.1 Å². The lowest BCUT2D eigenvalue weighted by Crippen LogP contribution is -2.08. The lowest BCUT2D eigenvalue weighted by atomic mass is 10.1. The Bertz CT molecular complexity index is 711. The summed E-state index contributed by atoms with van der Waals surface area (Å²) >= 11 is 0. The van der Waals surface area contributed by atoms with Crippen LogP contribution in [-0.2, 0) is 6.54 Å². The van der Waals surface area contributed by atoms with E-state index in [4.69, 9.17) is 14.2 Å². The normalized spacial score (nSPS) is 10.4. The predicted molar refractivity (Wildman–Crippen MR) is 82.4 cm³/mol. The van der Waals surface area contributed by atoms with Gasteiger partial charge in [0.2, 0.25) is 5.75 Å². The van der Waals surface area contributed by atoms with E-state index in [2.05, 4.69) is 10.1 Å². The number of benzene rings is 1. The number of aryl methyl sites for hydroxylation is 1. The van der Waals surface area contributed by atoms with Gasteiger partial charge in [-0.05, 0) is 12.5 Å². The first-order chi connectivity index (χ1) is 11.1. The van der Waals surface area contributed by atoms with Gasteiger partial charge in [0.1, 0.15) is 11.9 Å². The van der Waals surface area contributed by atoms with E-state index in [0.717, 1.165) is 6.42 Å². The Balaban J connectivity index is 2.79. The van der Waals surface area contributed by atoms with E-state index in [1.54, 1.807) is 4.68 Å². The highest BCUT2D eigenvalue weighted by Gasteiger charge is 2.26. The number of carboxylic acids is 1. The minimum absolute atomic E-state index is 0.0359. The summed E-state index contributed by atoms with van der Waals surface area (Å²) < 4.78 is 17.6. The Labute approximate surface area is 133 Å². The van der Waals surface area contributed by atoms with Crippen LogP contribution < -0.4 is 14.2 Å². The number of hydrogen-bond acceptors (Lipinski definition) is 6. The summed E-state index contributed by atoms with van der Waals surface area (Å²) in [7, 11) is 4.28. The van der Waals surface area contributed by atoms with Crippen LogP contribution in [0.5, 0.6) is 17.2 Å². The van der Waals surface area contributed by atoms with Gasteiger partial charge in [-0.3, -0.25) is 0 Å². The third-order valence-electron chi connectivity index (χ3n) is 3.33. The molecule has 0 bridgehead atoms.